The summed E-state index contributed by atoms with van der Waals surface area (Å²) in [5, 5.41) is 3.23. The molecule has 0 saturated carbocycles. The highest BCUT2D eigenvalue weighted by Gasteiger charge is 2.37. The second-order valence-electron chi connectivity index (χ2n) is 5.53. The molecule has 1 aliphatic rings. The van der Waals surface area contributed by atoms with Crippen LogP contribution >= 0.6 is 0 Å². The van der Waals surface area contributed by atoms with Crippen LogP contribution in [0, 0.1) is 0 Å². The highest BCUT2D eigenvalue weighted by atomic mass is 32.2. The van der Waals surface area contributed by atoms with Gasteiger partial charge in [-0.3, -0.25) is 0 Å². The van der Waals surface area contributed by atoms with Crippen molar-refractivity contribution >= 4 is 10.0 Å². The molecule has 0 atom stereocenters. The Kier molecular flexibility index (Phi) is 3.48. The molecule has 0 aromatic heterocycles. The number of hydrogen-bond acceptors (Lipinski definition) is 3. The molecule has 0 radical (unpaired) electrons. The Morgan fingerprint density at radius 2 is 1.67 bits per heavy atom. The van der Waals surface area contributed by atoms with Crippen molar-refractivity contribution in [3.63, 3.8) is 0 Å². The minimum atomic E-state index is -3.23. The predicted molar refractivity (Wildman–Crippen MR) is 62.3 cm³/mol. The van der Waals surface area contributed by atoms with Crippen LogP contribution in [-0.2, 0) is 10.0 Å². The van der Waals surface area contributed by atoms with Gasteiger partial charge in [-0.2, -0.15) is 0 Å². The van der Waals surface area contributed by atoms with Gasteiger partial charge in [0, 0.05) is 5.54 Å². The molecule has 2 N–H and O–H groups in total. The van der Waals surface area contributed by atoms with E-state index < -0.39 is 14.8 Å². The molecule has 1 rings (SSSR count). The SMILES string of the molecule is CC1(NS(=O)(=O)C(C)(C)C)CCNCC1. The van der Waals surface area contributed by atoms with Crippen LogP contribution in [-0.4, -0.2) is 31.8 Å². The molecule has 1 aliphatic heterocycles. The van der Waals surface area contributed by atoms with Crippen LogP contribution in [0.15, 0.2) is 0 Å². The Labute approximate surface area is 92.9 Å². The van der Waals surface area contributed by atoms with Gasteiger partial charge in [0.15, 0.2) is 0 Å². The van der Waals surface area contributed by atoms with Gasteiger partial charge in [0.25, 0.3) is 0 Å². The van der Waals surface area contributed by atoms with Crippen LogP contribution in [0.4, 0.5) is 0 Å². The van der Waals surface area contributed by atoms with Gasteiger partial charge in [-0.05, 0) is 53.6 Å². The predicted octanol–water partition coefficient (Wildman–Crippen LogP) is 0.846. The number of sulfonamides is 1. The fourth-order valence-electron chi connectivity index (χ4n) is 1.56. The first-order chi connectivity index (χ1) is 6.66. The number of piperidine rings is 1. The van der Waals surface area contributed by atoms with Crippen LogP contribution in [0.25, 0.3) is 0 Å². The average molecular weight is 234 g/mol. The first-order valence-corrected chi connectivity index (χ1v) is 6.89. The molecule has 0 amide bonds. The van der Waals surface area contributed by atoms with E-state index in [2.05, 4.69) is 10.0 Å². The Morgan fingerprint density at radius 1 is 1.20 bits per heavy atom. The summed E-state index contributed by atoms with van der Waals surface area (Å²) < 4.78 is 26.1. The van der Waals surface area contributed by atoms with Crippen molar-refractivity contribution in [2.24, 2.45) is 0 Å². The highest BCUT2D eigenvalue weighted by Crippen LogP contribution is 2.22. The van der Waals surface area contributed by atoms with Crippen LogP contribution in [0.2, 0.25) is 0 Å². The lowest BCUT2D eigenvalue weighted by Crippen LogP contribution is -2.55. The van der Waals surface area contributed by atoms with Gasteiger partial charge >= 0.3 is 0 Å². The van der Waals surface area contributed by atoms with Gasteiger partial charge in [-0.1, -0.05) is 0 Å². The van der Waals surface area contributed by atoms with Gasteiger partial charge in [-0.15, -0.1) is 0 Å². The van der Waals surface area contributed by atoms with E-state index in [0.29, 0.717) is 0 Å². The first-order valence-electron chi connectivity index (χ1n) is 5.41. The average Bonchev–Trinajstić information content (AvgIpc) is 2.00. The number of nitrogens with one attached hydrogen (secondary N) is 2. The molecule has 0 aromatic carbocycles. The standard InChI is InChI=1S/C10H22N2O2S/c1-9(2,3)15(13,14)12-10(4)5-7-11-8-6-10/h11-12H,5-8H2,1-4H3. The van der Waals surface area contributed by atoms with Crippen LogP contribution in [0.1, 0.15) is 40.5 Å². The fraction of sp³-hybridized carbons (Fsp3) is 1.00. The lowest BCUT2D eigenvalue weighted by molar-refractivity contribution is 0.305. The summed E-state index contributed by atoms with van der Waals surface area (Å²) in [5.74, 6) is 0. The Hall–Kier alpha value is -0.130. The third kappa shape index (κ3) is 3.16. The van der Waals surface area contributed by atoms with Crippen LogP contribution < -0.4 is 10.0 Å². The van der Waals surface area contributed by atoms with E-state index in [1.54, 1.807) is 20.8 Å². The molecular formula is C10H22N2O2S. The zero-order valence-electron chi connectivity index (χ0n) is 10.1. The summed E-state index contributed by atoms with van der Waals surface area (Å²) in [6.07, 6.45) is 1.70. The van der Waals surface area contributed by atoms with E-state index in [4.69, 9.17) is 0 Å². The minimum Gasteiger partial charge on any atom is -0.317 e. The van der Waals surface area contributed by atoms with Gasteiger partial charge in [-0.25, -0.2) is 13.1 Å². The third-order valence-electron chi connectivity index (χ3n) is 2.89. The van der Waals surface area contributed by atoms with E-state index in [-0.39, 0.29) is 5.54 Å². The zero-order valence-corrected chi connectivity index (χ0v) is 10.9. The second-order valence-corrected chi connectivity index (χ2v) is 7.96. The maximum Gasteiger partial charge on any atom is 0.217 e. The van der Waals surface area contributed by atoms with Gasteiger partial charge in [0.1, 0.15) is 0 Å². The summed E-state index contributed by atoms with van der Waals surface area (Å²) in [6, 6.07) is 0. The Balaban J connectivity index is 2.76. The normalized spacial score (nSPS) is 22.7. The van der Waals surface area contributed by atoms with Gasteiger partial charge < -0.3 is 5.32 Å². The van der Waals surface area contributed by atoms with Crippen LogP contribution in [0.3, 0.4) is 0 Å². The molecule has 1 fully saturated rings. The van der Waals surface area contributed by atoms with Crippen molar-refractivity contribution in [2.45, 2.75) is 50.8 Å². The maximum absolute atomic E-state index is 12.0. The minimum absolute atomic E-state index is 0.280. The number of hydrogen-bond donors (Lipinski definition) is 2. The first kappa shape index (κ1) is 12.9. The zero-order chi connectivity index (χ0) is 11.7. The molecule has 90 valence electrons. The molecule has 1 saturated heterocycles. The van der Waals surface area contributed by atoms with Crippen LogP contribution in [0.5, 0.6) is 0 Å². The molecule has 0 bridgehead atoms. The highest BCUT2D eigenvalue weighted by molar-refractivity contribution is 7.90. The third-order valence-corrected chi connectivity index (χ3v) is 5.27. The van der Waals surface area contributed by atoms with E-state index in [1.807, 2.05) is 6.92 Å². The van der Waals surface area contributed by atoms with E-state index in [0.717, 1.165) is 25.9 Å². The van der Waals surface area contributed by atoms with Crippen molar-refractivity contribution < 1.29 is 8.42 Å². The topological polar surface area (TPSA) is 58.2 Å². The smallest absolute Gasteiger partial charge is 0.217 e. The summed E-state index contributed by atoms with van der Waals surface area (Å²) in [4.78, 5) is 0. The quantitative estimate of drug-likeness (QED) is 0.744. The van der Waals surface area contributed by atoms with E-state index >= 15 is 0 Å². The molecule has 0 spiro atoms. The molecule has 0 unspecified atom stereocenters. The molecule has 15 heavy (non-hydrogen) atoms. The Morgan fingerprint density at radius 3 is 2.07 bits per heavy atom. The molecule has 0 aliphatic carbocycles. The molecule has 1 heterocycles. The molecule has 0 aromatic rings. The van der Waals surface area contributed by atoms with Gasteiger partial charge in [0.2, 0.25) is 10.0 Å². The van der Waals surface area contributed by atoms with Crippen molar-refractivity contribution in [1.82, 2.24) is 10.0 Å². The number of rotatable bonds is 2. The Bertz CT molecular complexity index is 311. The van der Waals surface area contributed by atoms with Crippen molar-refractivity contribution in [1.29, 1.82) is 0 Å². The van der Waals surface area contributed by atoms with E-state index in [1.165, 1.54) is 0 Å². The lowest BCUT2D eigenvalue weighted by Gasteiger charge is -2.36. The summed E-state index contributed by atoms with van der Waals surface area (Å²) in [6.45, 7) is 8.91. The summed E-state index contributed by atoms with van der Waals surface area (Å²) >= 11 is 0. The lowest BCUT2D eigenvalue weighted by atomic mass is 9.92. The molecular weight excluding hydrogens is 212 g/mol. The summed E-state index contributed by atoms with van der Waals surface area (Å²) in [7, 11) is -3.23. The van der Waals surface area contributed by atoms with Crippen molar-refractivity contribution in [3.8, 4) is 0 Å². The van der Waals surface area contributed by atoms with Crippen molar-refractivity contribution in [2.75, 3.05) is 13.1 Å². The van der Waals surface area contributed by atoms with Crippen molar-refractivity contribution in [3.05, 3.63) is 0 Å². The fourth-order valence-corrected chi connectivity index (χ4v) is 2.72. The summed E-state index contributed by atoms with van der Waals surface area (Å²) in [5.41, 5.74) is -0.280. The molecule has 4 nitrogen and oxygen atoms in total. The molecule has 5 heteroatoms. The van der Waals surface area contributed by atoms with Gasteiger partial charge in [0.05, 0.1) is 4.75 Å². The largest absolute Gasteiger partial charge is 0.317 e. The maximum atomic E-state index is 12.0. The second kappa shape index (κ2) is 4.03. The van der Waals surface area contributed by atoms with E-state index in [9.17, 15) is 8.42 Å². The monoisotopic (exact) mass is 234 g/mol.